The van der Waals surface area contributed by atoms with Gasteiger partial charge >= 0.3 is 0 Å². The maximum absolute atomic E-state index is 11.1. The van der Waals surface area contributed by atoms with Crippen LogP contribution in [0.1, 0.15) is 23.5 Å². The van der Waals surface area contributed by atoms with Gasteiger partial charge in [0.1, 0.15) is 9.84 Å². The molecule has 0 bridgehead atoms. The van der Waals surface area contributed by atoms with Crippen molar-refractivity contribution in [2.75, 3.05) is 18.6 Å². The van der Waals surface area contributed by atoms with Crippen LogP contribution in [0.15, 0.2) is 16.9 Å². The van der Waals surface area contributed by atoms with E-state index < -0.39 is 9.84 Å². The first-order valence-corrected chi connectivity index (χ1v) is 7.06. The van der Waals surface area contributed by atoms with E-state index in [0.29, 0.717) is 6.42 Å². The Kier molecular flexibility index (Phi) is 2.84. The van der Waals surface area contributed by atoms with Crippen LogP contribution in [0.5, 0.6) is 0 Å². The number of nitrogens with one attached hydrogen (secondary N) is 1. The number of hydrogen-bond acceptors (Lipinski definition) is 4. The van der Waals surface area contributed by atoms with Crippen molar-refractivity contribution >= 4 is 9.84 Å². The molecule has 0 aliphatic carbocycles. The van der Waals surface area contributed by atoms with Crippen molar-refractivity contribution in [2.24, 2.45) is 0 Å². The number of hydrogen-bond donors (Lipinski definition) is 1. The summed E-state index contributed by atoms with van der Waals surface area (Å²) in [6.07, 6.45) is 5.41. The van der Waals surface area contributed by atoms with Crippen LogP contribution < -0.4 is 5.32 Å². The Bertz CT molecular complexity index is 435. The van der Waals surface area contributed by atoms with Crippen molar-refractivity contribution in [1.82, 2.24) is 5.32 Å². The molecule has 1 unspecified atom stereocenters. The molecule has 5 heteroatoms. The van der Waals surface area contributed by atoms with Gasteiger partial charge in [-0.1, -0.05) is 0 Å². The standard InChI is InChI=1S/C10H15NO3S/c1-15(12,13)3-2-8-4-11-5-9-6-14-7-10(8)9/h6-8,11H,2-5H2,1H3. The largest absolute Gasteiger partial charge is 0.472 e. The van der Waals surface area contributed by atoms with Crippen LogP contribution in [0.25, 0.3) is 0 Å². The van der Waals surface area contributed by atoms with E-state index in [4.69, 9.17) is 4.42 Å². The zero-order valence-electron chi connectivity index (χ0n) is 8.69. The summed E-state index contributed by atoms with van der Waals surface area (Å²) in [5.74, 6) is 0.506. The molecule has 0 saturated heterocycles. The first-order chi connectivity index (χ1) is 7.06. The molecular weight excluding hydrogens is 214 g/mol. The van der Waals surface area contributed by atoms with E-state index in [2.05, 4.69) is 5.32 Å². The van der Waals surface area contributed by atoms with Crippen LogP contribution in [0.4, 0.5) is 0 Å². The van der Waals surface area contributed by atoms with Gasteiger partial charge in [0.05, 0.1) is 18.3 Å². The van der Waals surface area contributed by atoms with Crippen LogP contribution in [-0.4, -0.2) is 27.0 Å². The topological polar surface area (TPSA) is 59.3 Å². The summed E-state index contributed by atoms with van der Waals surface area (Å²) in [5.41, 5.74) is 2.32. The van der Waals surface area contributed by atoms with Crippen LogP contribution >= 0.6 is 0 Å². The molecule has 4 nitrogen and oxygen atoms in total. The van der Waals surface area contributed by atoms with Crippen molar-refractivity contribution in [3.05, 3.63) is 23.7 Å². The van der Waals surface area contributed by atoms with Gasteiger partial charge in [-0.2, -0.15) is 0 Å². The molecule has 2 rings (SSSR count). The summed E-state index contributed by atoms with van der Waals surface area (Å²) in [7, 11) is -2.87. The molecule has 84 valence electrons. The van der Waals surface area contributed by atoms with Gasteiger partial charge in [0.25, 0.3) is 0 Å². The monoisotopic (exact) mass is 229 g/mol. The van der Waals surface area contributed by atoms with Gasteiger partial charge in [0.15, 0.2) is 0 Å². The molecule has 0 aromatic carbocycles. The lowest BCUT2D eigenvalue weighted by Crippen LogP contribution is -2.28. The first-order valence-electron chi connectivity index (χ1n) is 4.99. The van der Waals surface area contributed by atoms with Crippen molar-refractivity contribution in [2.45, 2.75) is 18.9 Å². The summed E-state index contributed by atoms with van der Waals surface area (Å²) < 4.78 is 27.3. The summed E-state index contributed by atoms with van der Waals surface area (Å²) in [6.45, 7) is 1.66. The lowest BCUT2D eigenvalue weighted by Gasteiger charge is -2.22. The first kappa shape index (κ1) is 10.7. The Balaban J connectivity index is 2.07. The Hall–Kier alpha value is -0.810. The highest BCUT2D eigenvalue weighted by Gasteiger charge is 2.22. The number of furan rings is 1. The number of rotatable bonds is 3. The van der Waals surface area contributed by atoms with E-state index in [9.17, 15) is 8.42 Å². The number of fused-ring (bicyclic) bond motifs is 1. The zero-order valence-corrected chi connectivity index (χ0v) is 9.51. The van der Waals surface area contributed by atoms with Gasteiger partial charge in [-0.3, -0.25) is 0 Å². The van der Waals surface area contributed by atoms with Crippen molar-refractivity contribution < 1.29 is 12.8 Å². The van der Waals surface area contributed by atoms with E-state index in [1.54, 1.807) is 12.5 Å². The Morgan fingerprint density at radius 3 is 3.07 bits per heavy atom. The third kappa shape index (κ3) is 2.60. The quantitative estimate of drug-likeness (QED) is 0.836. The molecule has 2 heterocycles. The van der Waals surface area contributed by atoms with Gasteiger partial charge in [-0.15, -0.1) is 0 Å². The second-order valence-corrected chi connectivity index (χ2v) is 6.36. The molecule has 1 aromatic rings. The summed E-state index contributed by atoms with van der Waals surface area (Å²) in [6, 6.07) is 0. The molecule has 1 N–H and O–H groups in total. The average molecular weight is 229 g/mol. The minimum absolute atomic E-state index is 0.240. The molecule has 0 amide bonds. The number of sulfone groups is 1. The lowest BCUT2D eigenvalue weighted by molar-refractivity contribution is 0.525. The van der Waals surface area contributed by atoms with Gasteiger partial charge in [-0.25, -0.2) is 8.42 Å². The maximum atomic E-state index is 11.1. The van der Waals surface area contributed by atoms with Gasteiger partial charge < -0.3 is 9.73 Å². The zero-order chi connectivity index (χ0) is 10.9. The lowest BCUT2D eigenvalue weighted by atomic mass is 9.93. The Morgan fingerprint density at radius 1 is 1.53 bits per heavy atom. The van der Waals surface area contributed by atoms with E-state index in [-0.39, 0.29) is 11.7 Å². The molecule has 15 heavy (non-hydrogen) atoms. The van der Waals surface area contributed by atoms with Crippen LogP contribution in [0, 0.1) is 0 Å². The molecular formula is C10H15NO3S. The van der Waals surface area contributed by atoms with Gasteiger partial charge in [0.2, 0.25) is 0 Å². The maximum Gasteiger partial charge on any atom is 0.147 e. The predicted molar refractivity (Wildman–Crippen MR) is 57.5 cm³/mol. The summed E-state index contributed by atoms with van der Waals surface area (Å²) >= 11 is 0. The molecule has 1 aliphatic rings. The molecule has 0 radical (unpaired) electrons. The van der Waals surface area contributed by atoms with Crippen molar-refractivity contribution in [3.63, 3.8) is 0 Å². The summed E-state index contributed by atoms with van der Waals surface area (Å²) in [4.78, 5) is 0. The molecule has 1 aromatic heterocycles. The fourth-order valence-electron chi connectivity index (χ4n) is 1.94. The second kappa shape index (κ2) is 3.98. The molecule has 0 saturated carbocycles. The minimum atomic E-state index is -2.87. The molecule has 0 spiro atoms. The van der Waals surface area contributed by atoms with E-state index >= 15 is 0 Å². The van der Waals surface area contributed by atoms with Crippen molar-refractivity contribution in [1.29, 1.82) is 0 Å². The Morgan fingerprint density at radius 2 is 2.33 bits per heavy atom. The van der Waals surface area contributed by atoms with Gasteiger partial charge in [0, 0.05) is 30.8 Å². The summed E-state index contributed by atoms with van der Waals surface area (Å²) in [5, 5.41) is 3.26. The fraction of sp³-hybridized carbons (Fsp3) is 0.600. The third-order valence-corrected chi connectivity index (χ3v) is 3.74. The van der Waals surface area contributed by atoms with Crippen molar-refractivity contribution in [3.8, 4) is 0 Å². The SMILES string of the molecule is CS(=O)(=O)CCC1CNCc2cocc21. The molecule has 1 atom stereocenters. The minimum Gasteiger partial charge on any atom is -0.472 e. The average Bonchev–Trinajstić information content (AvgIpc) is 2.61. The highest BCUT2D eigenvalue weighted by atomic mass is 32.2. The third-order valence-electron chi connectivity index (χ3n) is 2.76. The highest BCUT2D eigenvalue weighted by Crippen LogP contribution is 2.27. The predicted octanol–water partition coefficient (Wildman–Crippen LogP) is 0.901. The highest BCUT2D eigenvalue weighted by molar-refractivity contribution is 7.90. The van der Waals surface area contributed by atoms with E-state index in [1.165, 1.54) is 6.26 Å². The molecule has 0 fully saturated rings. The fourth-order valence-corrected chi connectivity index (χ4v) is 2.65. The normalized spacial score (nSPS) is 21.3. The van der Waals surface area contributed by atoms with Gasteiger partial charge in [-0.05, 0) is 12.0 Å². The van der Waals surface area contributed by atoms with E-state index in [1.807, 2.05) is 0 Å². The van der Waals surface area contributed by atoms with Crippen LogP contribution in [0.2, 0.25) is 0 Å². The Labute approximate surface area is 89.6 Å². The second-order valence-electron chi connectivity index (χ2n) is 4.10. The van der Waals surface area contributed by atoms with E-state index in [0.717, 1.165) is 24.2 Å². The van der Waals surface area contributed by atoms with Crippen LogP contribution in [-0.2, 0) is 16.4 Å². The smallest absolute Gasteiger partial charge is 0.147 e. The van der Waals surface area contributed by atoms with Crippen LogP contribution in [0.3, 0.4) is 0 Å². The molecule has 1 aliphatic heterocycles.